The van der Waals surface area contributed by atoms with Gasteiger partial charge in [-0.1, -0.05) is 325 Å². The number of carbonyl (C=O) groups excluding carboxylic acids is 4. The summed E-state index contributed by atoms with van der Waals surface area (Å²) in [6.07, 6.45) is 48.9. The number of phosphoric acid groups is 2. The molecule has 0 spiro atoms. The van der Waals surface area contributed by atoms with Crippen LogP contribution in [0.2, 0.25) is 0 Å². The first kappa shape index (κ1) is 92.1. The van der Waals surface area contributed by atoms with Gasteiger partial charge in [-0.3, -0.25) is 37.3 Å². The molecule has 17 nitrogen and oxygen atoms in total. The van der Waals surface area contributed by atoms with E-state index in [4.69, 9.17) is 37.0 Å². The summed E-state index contributed by atoms with van der Waals surface area (Å²) in [5, 5.41) is 10.6. The number of esters is 4. The fraction of sp³-hybridized carbons (Fsp3) is 0.947. The lowest BCUT2D eigenvalue weighted by Crippen LogP contribution is -2.30. The van der Waals surface area contributed by atoms with Gasteiger partial charge in [-0.2, -0.15) is 0 Å². The van der Waals surface area contributed by atoms with E-state index in [2.05, 4.69) is 55.4 Å². The van der Waals surface area contributed by atoms with Crippen LogP contribution < -0.4 is 0 Å². The molecule has 0 aromatic heterocycles. The van der Waals surface area contributed by atoms with Gasteiger partial charge in [0.1, 0.15) is 19.3 Å². The Balaban J connectivity index is 5.13. The van der Waals surface area contributed by atoms with Crippen molar-refractivity contribution in [2.75, 3.05) is 39.6 Å². The number of rotatable bonds is 72. The summed E-state index contributed by atoms with van der Waals surface area (Å²) in [6.45, 7) is 14.1. The van der Waals surface area contributed by atoms with Crippen molar-refractivity contribution in [2.24, 2.45) is 23.7 Å². The van der Waals surface area contributed by atoms with Gasteiger partial charge in [0.2, 0.25) is 0 Å². The van der Waals surface area contributed by atoms with Crippen LogP contribution in [0.25, 0.3) is 0 Å². The largest absolute Gasteiger partial charge is 0.472 e. The molecule has 0 aliphatic rings. The first-order chi connectivity index (χ1) is 45.2. The number of hydrogen-bond donors (Lipinski definition) is 3. The van der Waals surface area contributed by atoms with Crippen molar-refractivity contribution < 1.29 is 80.2 Å². The Morgan fingerprint density at radius 2 is 0.511 bits per heavy atom. The van der Waals surface area contributed by atoms with Crippen molar-refractivity contribution in [3.63, 3.8) is 0 Å². The van der Waals surface area contributed by atoms with Gasteiger partial charge < -0.3 is 33.8 Å². The summed E-state index contributed by atoms with van der Waals surface area (Å²) in [6, 6.07) is 0. The van der Waals surface area contributed by atoms with Crippen LogP contribution in [0.5, 0.6) is 0 Å². The topological polar surface area (TPSA) is 237 Å². The number of ether oxygens (including phenoxy) is 4. The lowest BCUT2D eigenvalue weighted by Gasteiger charge is -2.21. The van der Waals surface area contributed by atoms with Crippen LogP contribution in [-0.4, -0.2) is 96.7 Å². The smallest absolute Gasteiger partial charge is 0.462 e. The van der Waals surface area contributed by atoms with E-state index in [1.54, 1.807) is 0 Å². The number of hydrogen-bond acceptors (Lipinski definition) is 15. The number of carbonyl (C=O) groups is 4. The second-order valence-electron chi connectivity index (χ2n) is 28.5. The minimum absolute atomic E-state index is 0.103. The van der Waals surface area contributed by atoms with Crippen LogP contribution in [0.3, 0.4) is 0 Å². The van der Waals surface area contributed by atoms with Crippen molar-refractivity contribution in [1.82, 2.24) is 0 Å². The Kier molecular flexibility index (Phi) is 63.1. The summed E-state index contributed by atoms with van der Waals surface area (Å²) in [4.78, 5) is 72.6. The van der Waals surface area contributed by atoms with Crippen molar-refractivity contribution in [3.8, 4) is 0 Å². The van der Waals surface area contributed by atoms with Gasteiger partial charge in [-0.25, -0.2) is 9.13 Å². The molecule has 94 heavy (non-hydrogen) atoms. The molecule has 19 heteroatoms. The van der Waals surface area contributed by atoms with E-state index in [1.165, 1.54) is 180 Å². The average Bonchev–Trinajstić information content (AvgIpc) is 2.19. The van der Waals surface area contributed by atoms with E-state index >= 15 is 0 Å². The minimum Gasteiger partial charge on any atom is -0.462 e. The summed E-state index contributed by atoms with van der Waals surface area (Å²) in [5.74, 6) is 0.909. The average molecular weight is 1380 g/mol. The van der Waals surface area contributed by atoms with Gasteiger partial charge in [-0.15, -0.1) is 0 Å². The first-order valence-corrected chi connectivity index (χ1v) is 41.8. The molecule has 0 aromatic carbocycles. The molecular weight excluding hydrogens is 1230 g/mol. The number of aliphatic hydroxyl groups excluding tert-OH is 1. The molecule has 0 aromatic rings. The van der Waals surface area contributed by atoms with Crippen LogP contribution in [0.1, 0.15) is 376 Å². The Morgan fingerprint density at radius 1 is 0.298 bits per heavy atom. The van der Waals surface area contributed by atoms with Gasteiger partial charge in [0.25, 0.3) is 0 Å². The van der Waals surface area contributed by atoms with Crippen molar-refractivity contribution in [1.29, 1.82) is 0 Å². The molecule has 558 valence electrons. The molecule has 0 fully saturated rings. The van der Waals surface area contributed by atoms with E-state index in [0.29, 0.717) is 25.7 Å². The van der Waals surface area contributed by atoms with E-state index in [0.717, 1.165) is 114 Å². The zero-order valence-electron chi connectivity index (χ0n) is 61.6. The highest BCUT2D eigenvalue weighted by molar-refractivity contribution is 7.47. The zero-order chi connectivity index (χ0) is 69.6. The van der Waals surface area contributed by atoms with E-state index in [1.807, 2.05) is 0 Å². The van der Waals surface area contributed by atoms with Crippen LogP contribution in [0.4, 0.5) is 0 Å². The zero-order valence-corrected chi connectivity index (χ0v) is 63.4. The fourth-order valence-electron chi connectivity index (χ4n) is 11.3. The molecule has 3 N–H and O–H groups in total. The van der Waals surface area contributed by atoms with Gasteiger partial charge in [-0.05, 0) is 49.4 Å². The summed E-state index contributed by atoms with van der Waals surface area (Å²) in [5.41, 5.74) is 0. The number of unbranched alkanes of at least 4 members (excludes halogenated alkanes) is 36. The monoisotopic (exact) mass is 1380 g/mol. The number of aliphatic hydroxyl groups is 1. The molecular formula is C75H146O17P2. The maximum Gasteiger partial charge on any atom is 0.472 e. The van der Waals surface area contributed by atoms with Gasteiger partial charge in [0, 0.05) is 25.7 Å². The molecule has 5 unspecified atom stereocenters. The second-order valence-corrected chi connectivity index (χ2v) is 31.4. The second kappa shape index (κ2) is 64.4. The predicted molar refractivity (Wildman–Crippen MR) is 381 cm³/mol. The molecule has 0 heterocycles. The summed E-state index contributed by atoms with van der Waals surface area (Å²) < 4.78 is 68.4. The summed E-state index contributed by atoms with van der Waals surface area (Å²) >= 11 is 0. The Bertz CT molecular complexity index is 1850. The highest BCUT2D eigenvalue weighted by Gasteiger charge is 2.30. The first-order valence-electron chi connectivity index (χ1n) is 38.8. The summed E-state index contributed by atoms with van der Waals surface area (Å²) in [7, 11) is -9.91. The molecule has 0 aliphatic heterocycles. The highest BCUT2D eigenvalue weighted by Crippen LogP contribution is 2.45. The quantitative estimate of drug-likeness (QED) is 0.0222. The standard InChI is InChI=1S/C75H146O17P2/c1-9-67(7)53-45-37-29-21-19-17-15-13-11-12-14-16-18-20-22-30-39-47-55-72(77)85-62-71(92-75(80)58-50-42-34-33-38-46-54-68(8)10-2)64-90-94(83,84)88-60-69(76)59-87-93(81,82)89-63-70(91-74(79)57-49-41-32-26-24-28-36-44-52-66(5)6)61-86-73(78)56-48-40-31-25-23-27-35-43-51-65(3)4/h65-71,76H,9-64H2,1-8H3,(H,81,82)(H,83,84)/t67?,68?,69?,70-,71-/m1/s1. The third kappa shape index (κ3) is 66.0. The van der Waals surface area contributed by atoms with Gasteiger partial charge in [0.05, 0.1) is 26.4 Å². The lowest BCUT2D eigenvalue weighted by atomic mass is 9.99. The molecule has 0 amide bonds. The van der Waals surface area contributed by atoms with Crippen LogP contribution in [-0.2, 0) is 65.4 Å². The van der Waals surface area contributed by atoms with Crippen molar-refractivity contribution >= 4 is 39.5 Å². The van der Waals surface area contributed by atoms with E-state index in [9.17, 15) is 43.2 Å². The third-order valence-electron chi connectivity index (χ3n) is 18.0. The Morgan fingerprint density at radius 3 is 0.755 bits per heavy atom. The van der Waals surface area contributed by atoms with Gasteiger partial charge >= 0.3 is 39.5 Å². The molecule has 0 aliphatic carbocycles. The normalized spacial score (nSPS) is 14.7. The van der Waals surface area contributed by atoms with Gasteiger partial charge in [0.15, 0.2) is 12.2 Å². The fourth-order valence-corrected chi connectivity index (χ4v) is 12.9. The van der Waals surface area contributed by atoms with Crippen LogP contribution >= 0.6 is 15.6 Å². The molecule has 7 atom stereocenters. The van der Waals surface area contributed by atoms with Crippen LogP contribution in [0, 0.1) is 23.7 Å². The maximum absolute atomic E-state index is 13.0. The molecule has 0 rings (SSSR count). The van der Waals surface area contributed by atoms with E-state index in [-0.39, 0.29) is 25.7 Å². The lowest BCUT2D eigenvalue weighted by molar-refractivity contribution is -0.161. The van der Waals surface area contributed by atoms with Crippen LogP contribution in [0.15, 0.2) is 0 Å². The highest BCUT2D eigenvalue weighted by atomic mass is 31.2. The number of phosphoric ester groups is 2. The molecule has 0 saturated carbocycles. The SMILES string of the molecule is CCC(C)CCCCCCCCCCCCCCCCCCCCC(=O)OC[C@H](COP(=O)(O)OCC(O)COP(=O)(O)OC[C@@H](COC(=O)CCCCCCCCCCC(C)C)OC(=O)CCCCCCCCCCC(C)C)OC(=O)CCCCCCCCC(C)CC. The predicted octanol–water partition coefficient (Wildman–Crippen LogP) is 21.7. The molecule has 0 bridgehead atoms. The Hall–Kier alpha value is -1.94. The molecule has 0 saturated heterocycles. The van der Waals surface area contributed by atoms with Crippen molar-refractivity contribution in [2.45, 2.75) is 395 Å². The van der Waals surface area contributed by atoms with Crippen molar-refractivity contribution in [3.05, 3.63) is 0 Å². The maximum atomic E-state index is 13.0. The minimum atomic E-state index is -4.96. The third-order valence-corrected chi connectivity index (χ3v) is 19.9. The molecule has 0 radical (unpaired) electrons. The Labute approximate surface area is 575 Å². The van der Waals surface area contributed by atoms with E-state index < -0.39 is 97.5 Å².